The molecule has 10 N–H and O–H groups in total. The molecule has 3 amide bonds. The highest BCUT2D eigenvalue weighted by Gasteiger charge is 2.31. The van der Waals surface area contributed by atoms with E-state index >= 15 is 0 Å². The monoisotopic (exact) mass is 551 g/mol. The Balaban J connectivity index is 3.02. The second kappa shape index (κ2) is 17.5. The molecule has 0 spiro atoms. The summed E-state index contributed by atoms with van der Waals surface area (Å²) in [5.41, 5.74) is 11.9. The van der Waals surface area contributed by atoms with E-state index in [2.05, 4.69) is 16.0 Å². The van der Waals surface area contributed by atoms with E-state index in [1.54, 1.807) is 30.3 Å². The van der Waals surface area contributed by atoms with Gasteiger partial charge in [0.25, 0.3) is 0 Å². The highest BCUT2D eigenvalue weighted by Crippen LogP contribution is 2.08. The predicted octanol–water partition coefficient (Wildman–Crippen LogP) is -1.05. The molecule has 0 heterocycles. The summed E-state index contributed by atoms with van der Waals surface area (Å²) in [7, 11) is 0. The van der Waals surface area contributed by atoms with Gasteiger partial charge in [0.1, 0.15) is 18.1 Å². The van der Waals surface area contributed by atoms with Crippen LogP contribution in [0.5, 0.6) is 0 Å². The standard InChI is InChI=1S/C25H37N5O9/c26-13-5-4-8-16(27)22(35)28-17(9-11-20(31)32)23(36)29-18(10-12-21(33)34)24(37)30-19(25(38)39)14-15-6-2-1-3-7-15/h1-3,6-7,16-19H,4-5,8-14,26-27H2,(H,28,35)(H,29,36)(H,30,37)(H,31,32)(H,33,34)(H,38,39). The maximum absolute atomic E-state index is 13.0. The van der Waals surface area contributed by atoms with E-state index in [0.717, 1.165) is 0 Å². The van der Waals surface area contributed by atoms with Crippen molar-refractivity contribution in [1.29, 1.82) is 0 Å². The van der Waals surface area contributed by atoms with Crippen LogP contribution in [-0.2, 0) is 35.2 Å². The molecule has 0 fully saturated rings. The van der Waals surface area contributed by atoms with Gasteiger partial charge in [-0.05, 0) is 37.8 Å². The van der Waals surface area contributed by atoms with E-state index in [0.29, 0.717) is 24.9 Å². The minimum atomic E-state index is -1.48. The number of hydrogen-bond donors (Lipinski definition) is 8. The van der Waals surface area contributed by atoms with Gasteiger partial charge in [0, 0.05) is 19.3 Å². The van der Waals surface area contributed by atoms with Crippen molar-refractivity contribution in [3.8, 4) is 0 Å². The first-order valence-corrected chi connectivity index (χ1v) is 12.5. The molecule has 39 heavy (non-hydrogen) atoms. The smallest absolute Gasteiger partial charge is 0.326 e. The summed E-state index contributed by atoms with van der Waals surface area (Å²) in [6, 6.07) is 3.23. The molecule has 1 rings (SSSR count). The number of carboxylic acids is 3. The van der Waals surface area contributed by atoms with Gasteiger partial charge in [0.2, 0.25) is 17.7 Å². The summed E-state index contributed by atoms with van der Waals surface area (Å²) in [6.45, 7) is 0.409. The van der Waals surface area contributed by atoms with Gasteiger partial charge in [-0.25, -0.2) is 4.79 Å². The fraction of sp³-hybridized carbons (Fsp3) is 0.520. The summed E-state index contributed by atoms with van der Waals surface area (Å²) in [6.07, 6.45) is -0.352. The molecule has 4 atom stereocenters. The molecule has 4 unspecified atom stereocenters. The molecule has 1 aromatic carbocycles. The van der Waals surface area contributed by atoms with Crippen LogP contribution in [0.1, 0.15) is 50.5 Å². The number of nitrogens with two attached hydrogens (primary N) is 2. The zero-order valence-electron chi connectivity index (χ0n) is 21.5. The van der Waals surface area contributed by atoms with E-state index in [9.17, 15) is 33.9 Å². The van der Waals surface area contributed by atoms with Gasteiger partial charge in [-0.1, -0.05) is 36.8 Å². The number of amides is 3. The topological polar surface area (TPSA) is 251 Å². The van der Waals surface area contributed by atoms with Crippen LogP contribution >= 0.6 is 0 Å². The Bertz CT molecular complexity index is 989. The Morgan fingerprint density at radius 1 is 0.692 bits per heavy atom. The van der Waals surface area contributed by atoms with Crippen molar-refractivity contribution in [3.63, 3.8) is 0 Å². The number of hydrogen-bond acceptors (Lipinski definition) is 8. The Kier molecular flexibility index (Phi) is 14.8. The van der Waals surface area contributed by atoms with Gasteiger partial charge in [-0.15, -0.1) is 0 Å². The number of carboxylic acid groups (broad SMARTS) is 3. The third-order valence-corrected chi connectivity index (χ3v) is 5.76. The average molecular weight is 552 g/mol. The summed E-state index contributed by atoms with van der Waals surface area (Å²) < 4.78 is 0. The molecular formula is C25H37N5O9. The molecule has 0 aliphatic heterocycles. The highest BCUT2D eigenvalue weighted by atomic mass is 16.4. The second-order valence-corrected chi connectivity index (χ2v) is 8.97. The Hall–Kier alpha value is -4.04. The third-order valence-electron chi connectivity index (χ3n) is 5.76. The lowest BCUT2D eigenvalue weighted by molar-refractivity contribution is -0.143. The van der Waals surface area contributed by atoms with E-state index in [1.807, 2.05) is 0 Å². The van der Waals surface area contributed by atoms with Crippen molar-refractivity contribution in [2.24, 2.45) is 11.5 Å². The first-order valence-electron chi connectivity index (χ1n) is 12.5. The molecule has 1 aromatic rings. The van der Waals surface area contributed by atoms with Crippen LogP contribution in [0.3, 0.4) is 0 Å². The molecule has 0 saturated carbocycles. The third kappa shape index (κ3) is 13.4. The number of rotatable bonds is 19. The van der Waals surface area contributed by atoms with Crippen molar-refractivity contribution in [3.05, 3.63) is 35.9 Å². The van der Waals surface area contributed by atoms with Crippen molar-refractivity contribution in [2.75, 3.05) is 6.54 Å². The van der Waals surface area contributed by atoms with Gasteiger partial charge < -0.3 is 42.7 Å². The van der Waals surface area contributed by atoms with E-state index < -0.39 is 72.6 Å². The molecule has 14 nitrogen and oxygen atoms in total. The van der Waals surface area contributed by atoms with Crippen molar-refractivity contribution < 1.29 is 44.1 Å². The fourth-order valence-electron chi connectivity index (χ4n) is 3.59. The maximum atomic E-state index is 13.0. The molecule has 216 valence electrons. The quantitative estimate of drug-likeness (QED) is 0.0963. The molecule has 0 aromatic heterocycles. The molecule has 0 radical (unpaired) electrons. The first-order chi connectivity index (χ1) is 18.4. The van der Waals surface area contributed by atoms with Gasteiger partial charge in [0.15, 0.2) is 0 Å². The van der Waals surface area contributed by atoms with Crippen LogP contribution in [-0.4, -0.2) is 81.7 Å². The molecule has 0 aliphatic rings. The Morgan fingerprint density at radius 2 is 1.18 bits per heavy atom. The number of carbonyl (C=O) groups excluding carboxylic acids is 3. The molecule has 0 aliphatic carbocycles. The van der Waals surface area contributed by atoms with Crippen molar-refractivity contribution >= 4 is 35.6 Å². The average Bonchev–Trinajstić information content (AvgIpc) is 2.88. The van der Waals surface area contributed by atoms with Crippen LogP contribution < -0.4 is 27.4 Å². The largest absolute Gasteiger partial charge is 0.481 e. The molecular weight excluding hydrogens is 514 g/mol. The lowest BCUT2D eigenvalue weighted by Gasteiger charge is -2.25. The van der Waals surface area contributed by atoms with Gasteiger partial charge >= 0.3 is 17.9 Å². The summed E-state index contributed by atoms with van der Waals surface area (Å²) >= 11 is 0. The predicted molar refractivity (Wildman–Crippen MR) is 138 cm³/mol. The number of aliphatic carboxylic acids is 3. The first kappa shape index (κ1) is 33.0. The Morgan fingerprint density at radius 3 is 1.64 bits per heavy atom. The van der Waals surface area contributed by atoms with Crippen LogP contribution in [0, 0.1) is 0 Å². The van der Waals surface area contributed by atoms with Crippen molar-refractivity contribution in [2.45, 2.75) is 75.5 Å². The summed E-state index contributed by atoms with van der Waals surface area (Å²) in [5.74, 6) is -6.45. The van der Waals surface area contributed by atoms with Crippen LogP contribution in [0.2, 0.25) is 0 Å². The number of benzene rings is 1. The number of carbonyl (C=O) groups is 6. The number of unbranched alkanes of at least 4 members (excludes halogenated alkanes) is 1. The summed E-state index contributed by atoms with van der Waals surface area (Å²) in [5, 5.41) is 34.8. The number of nitrogens with one attached hydrogen (secondary N) is 3. The minimum Gasteiger partial charge on any atom is -0.481 e. The van der Waals surface area contributed by atoms with Gasteiger partial charge in [0.05, 0.1) is 6.04 Å². The minimum absolute atomic E-state index is 0.0686. The SMILES string of the molecule is NCCCCC(N)C(=O)NC(CCC(=O)O)C(=O)NC(CCC(=O)O)C(=O)NC(Cc1ccccc1)C(=O)O. The Labute approximate surface area is 225 Å². The lowest BCUT2D eigenvalue weighted by Crippen LogP contribution is -2.57. The van der Waals surface area contributed by atoms with E-state index in [4.69, 9.17) is 21.7 Å². The molecule has 14 heteroatoms. The van der Waals surface area contributed by atoms with Crippen LogP contribution in [0.4, 0.5) is 0 Å². The highest BCUT2D eigenvalue weighted by molar-refractivity contribution is 5.94. The van der Waals surface area contributed by atoms with E-state index in [-0.39, 0.29) is 25.7 Å². The van der Waals surface area contributed by atoms with Crippen LogP contribution in [0.15, 0.2) is 30.3 Å². The maximum Gasteiger partial charge on any atom is 0.326 e. The lowest BCUT2D eigenvalue weighted by atomic mass is 10.0. The van der Waals surface area contributed by atoms with Gasteiger partial charge in [-0.2, -0.15) is 0 Å². The van der Waals surface area contributed by atoms with Crippen LogP contribution in [0.25, 0.3) is 0 Å². The zero-order chi connectivity index (χ0) is 29.4. The van der Waals surface area contributed by atoms with Crippen molar-refractivity contribution in [1.82, 2.24) is 16.0 Å². The normalized spacial score (nSPS) is 13.8. The summed E-state index contributed by atoms with van der Waals surface area (Å²) in [4.78, 5) is 72.5. The molecule has 0 saturated heterocycles. The second-order valence-electron chi connectivity index (χ2n) is 8.97. The fourth-order valence-corrected chi connectivity index (χ4v) is 3.59. The molecule has 0 bridgehead atoms. The van der Waals surface area contributed by atoms with Gasteiger partial charge in [-0.3, -0.25) is 24.0 Å². The van der Waals surface area contributed by atoms with E-state index in [1.165, 1.54) is 0 Å². The zero-order valence-corrected chi connectivity index (χ0v) is 21.5.